The molecule has 0 atom stereocenters. The zero-order valence-electron chi connectivity index (χ0n) is 10.7. The predicted octanol–water partition coefficient (Wildman–Crippen LogP) is 5.02. The molecular formula is C16H13BrO2. The van der Waals surface area contributed by atoms with Crippen LogP contribution in [0.1, 0.15) is 18.1 Å². The molecule has 19 heavy (non-hydrogen) atoms. The SMILES string of the molecule is CC=C1c2cc(Br)ccc2Oc2ccc(OC)cc21. The van der Waals surface area contributed by atoms with Gasteiger partial charge in [0.15, 0.2) is 0 Å². The molecule has 0 unspecified atom stereocenters. The number of methoxy groups -OCH3 is 1. The van der Waals surface area contributed by atoms with E-state index in [1.807, 2.05) is 37.3 Å². The Bertz CT molecular complexity index is 674. The number of fused-ring (bicyclic) bond motifs is 2. The van der Waals surface area contributed by atoms with Crippen molar-refractivity contribution < 1.29 is 9.47 Å². The highest BCUT2D eigenvalue weighted by Gasteiger charge is 2.22. The molecule has 1 heterocycles. The lowest BCUT2D eigenvalue weighted by Crippen LogP contribution is -2.02. The van der Waals surface area contributed by atoms with Crippen molar-refractivity contribution in [1.29, 1.82) is 0 Å². The first-order chi connectivity index (χ1) is 9.22. The molecule has 0 bridgehead atoms. The summed E-state index contributed by atoms with van der Waals surface area (Å²) < 4.78 is 12.3. The summed E-state index contributed by atoms with van der Waals surface area (Å²) in [6, 6.07) is 11.9. The highest BCUT2D eigenvalue weighted by atomic mass is 79.9. The van der Waals surface area contributed by atoms with Gasteiger partial charge in [0, 0.05) is 15.6 Å². The van der Waals surface area contributed by atoms with Crippen LogP contribution in [0.25, 0.3) is 5.57 Å². The van der Waals surface area contributed by atoms with Gasteiger partial charge in [-0.25, -0.2) is 0 Å². The van der Waals surface area contributed by atoms with Gasteiger partial charge >= 0.3 is 0 Å². The fourth-order valence-corrected chi connectivity index (χ4v) is 2.67. The zero-order valence-corrected chi connectivity index (χ0v) is 12.3. The van der Waals surface area contributed by atoms with Gasteiger partial charge in [0.2, 0.25) is 0 Å². The fourth-order valence-electron chi connectivity index (χ4n) is 2.31. The second kappa shape index (κ2) is 4.74. The first-order valence-electron chi connectivity index (χ1n) is 6.05. The van der Waals surface area contributed by atoms with Crippen molar-refractivity contribution in [1.82, 2.24) is 0 Å². The van der Waals surface area contributed by atoms with Crippen LogP contribution < -0.4 is 9.47 Å². The molecule has 0 aromatic heterocycles. The average molecular weight is 317 g/mol. The number of allylic oxidation sites excluding steroid dienone is 1. The highest BCUT2D eigenvalue weighted by molar-refractivity contribution is 9.10. The molecule has 1 aliphatic heterocycles. The Morgan fingerprint density at radius 2 is 1.74 bits per heavy atom. The second-order valence-corrected chi connectivity index (χ2v) is 5.22. The van der Waals surface area contributed by atoms with Gasteiger partial charge in [0.05, 0.1) is 7.11 Å². The molecular weight excluding hydrogens is 304 g/mol. The maximum atomic E-state index is 5.95. The Morgan fingerprint density at radius 3 is 2.42 bits per heavy atom. The van der Waals surface area contributed by atoms with E-state index in [4.69, 9.17) is 9.47 Å². The molecule has 2 aromatic rings. The lowest BCUT2D eigenvalue weighted by Gasteiger charge is -2.23. The Morgan fingerprint density at radius 1 is 1.05 bits per heavy atom. The summed E-state index contributed by atoms with van der Waals surface area (Å²) in [6.45, 7) is 2.04. The molecule has 3 heteroatoms. The third kappa shape index (κ3) is 2.04. The number of halogens is 1. The Labute approximate surface area is 120 Å². The quantitative estimate of drug-likeness (QED) is 0.628. The highest BCUT2D eigenvalue weighted by Crippen LogP contribution is 2.45. The molecule has 96 valence electrons. The van der Waals surface area contributed by atoms with E-state index in [-0.39, 0.29) is 0 Å². The average Bonchev–Trinajstić information content (AvgIpc) is 2.44. The van der Waals surface area contributed by atoms with E-state index in [1.165, 1.54) is 0 Å². The van der Waals surface area contributed by atoms with Gasteiger partial charge in [-0.15, -0.1) is 0 Å². The summed E-state index contributed by atoms with van der Waals surface area (Å²) in [5.41, 5.74) is 3.32. The predicted molar refractivity (Wildman–Crippen MR) is 80.0 cm³/mol. The molecule has 0 aliphatic carbocycles. The summed E-state index contributed by atoms with van der Waals surface area (Å²) >= 11 is 3.51. The van der Waals surface area contributed by atoms with Crippen molar-refractivity contribution in [3.05, 3.63) is 58.1 Å². The van der Waals surface area contributed by atoms with E-state index < -0.39 is 0 Å². The first kappa shape index (κ1) is 12.3. The van der Waals surface area contributed by atoms with Gasteiger partial charge in [-0.05, 0) is 48.9 Å². The van der Waals surface area contributed by atoms with E-state index in [0.717, 1.165) is 38.4 Å². The number of benzene rings is 2. The van der Waals surface area contributed by atoms with Crippen LogP contribution in [0.2, 0.25) is 0 Å². The molecule has 2 aromatic carbocycles. The summed E-state index contributed by atoms with van der Waals surface area (Å²) in [7, 11) is 1.67. The van der Waals surface area contributed by atoms with E-state index in [9.17, 15) is 0 Å². The van der Waals surface area contributed by atoms with Crippen molar-refractivity contribution in [3.8, 4) is 17.2 Å². The van der Waals surface area contributed by atoms with E-state index in [0.29, 0.717) is 0 Å². The van der Waals surface area contributed by atoms with Crippen LogP contribution in [0.4, 0.5) is 0 Å². The van der Waals surface area contributed by atoms with Crippen molar-refractivity contribution in [2.75, 3.05) is 7.11 Å². The monoisotopic (exact) mass is 316 g/mol. The molecule has 0 fully saturated rings. The van der Waals surface area contributed by atoms with Crippen LogP contribution in [0.15, 0.2) is 46.9 Å². The van der Waals surface area contributed by atoms with E-state index >= 15 is 0 Å². The molecule has 0 amide bonds. The lowest BCUT2D eigenvalue weighted by atomic mass is 9.94. The summed E-state index contributed by atoms with van der Waals surface area (Å²) in [5.74, 6) is 2.58. The second-order valence-electron chi connectivity index (χ2n) is 4.31. The maximum Gasteiger partial charge on any atom is 0.135 e. The standard InChI is InChI=1S/C16H13BrO2/c1-3-12-13-8-10(17)4-6-15(13)19-16-7-5-11(18-2)9-14(12)16/h3-9H,1-2H3. The van der Waals surface area contributed by atoms with Gasteiger partial charge < -0.3 is 9.47 Å². The van der Waals surface area contributed by atoms with Gasteiger partial charge in [0.25, 0.3) is 0 Å². The van der Waals surface area contributed by atoms with E-state index in [1.54, 1.807) is 7.11 Å². The number of hydrogen-bond acceptors (Lipinski definition) is 2. The van der Waals surface area contributed by atoms with Crippen molar-refractivity contribution in [2.24, 2.45) is 0 Å². The van der Waals surface area contributed by atoms with Crippen LogP contribution in [0, 0.1) is 0 Å². The lowest BCUT2D eigenvalue weighted by molar-refractivity contribution is 0.412. The zero-order chi connectivity index (χ0) is 13.4. The van der Waals surface area contributed by atoms with Crippen LogP contribution in [0.5, 0.6) is 17.2 Å². The Kier molecular flexibility index (Phi) is 3.07. The summed E-state index contributed by atoms with van der Waals surface area (Å²) in [4.78, 5) is 0. The molecule has 0 saturated heterocycles. The Hall–Kier alpha value is -1.74. The molecule has 0 saturated carbocycles. The van der Waals surface area contributed by atoms with Crippen LogP contribution in [-0.4, -0.2) is 7.11 Å². The smallest absolute Gasteiger partial charge is 0.135 e. The minimum Gasteiger partial charge on any atom is -0.497 e. The van der Waals surface area contributed by atoms with Crippen LogP contribution >= 0.6 is 15.9 Å². The minimum atomic E-state index is 0.833. The number of rotatable bonds is 1. The molecule has 0 spiro atoms. The Balaban J connectivity index is 2.22. The third-order valence-electron chi connectivity index (χ3n) is 3.22. The topological polar surface area (TPSA) is 18.5 Å². The molecule has 0 radical (unpaired) electrons. The van der Waals surface area contributed by atoms with Crippen LogP contribution in [-0.2, 0) is 0 Å². The van der Waals surface area contributed by atoms with Gasteiger partial charge in [0.1, 0.15) is 17.2 Å². The maximum absolute atomic E-state index is 5.95. The van der Waals surface area contributed by atoms with Crippen molar-refractivity contribution >= 4 is 21.5 Å². The van der Waals surface area contributed by atoms with Crippen molar-refractivity contribution in [2.45, 2.75) is 6.92 Å². The summed E-state index contributed by atoms with van der Waals surface area (Å²) in [6.07, 6.45) is 2.10. The van der Waals surface area contributed by atoms with Gasteiger partial charge in [-0.2, -0.15) is 0 Å². The summed E-state index contributed by atoms with van der Waals surface area (Å²) in [5, 5.41) is 0. The minimum absolute atomic E-state index is 0.833. The van der Waals surface area contributed by atoms with E-state index in [2.05, 4.69) is 28.1 Å². The van der Waals surface area contributed by atoms with Crippen LogP contribution in [0.3, 0.4) is 0 Å². The fraction of sp³-hybridized carbons (Fsp3) is 0.125. The molecule has 0 N–H and O–H groups in total. The molecule has 3 rings (SSSR count). The normalized spacial score (nSPS) is 14.6. The number of ether oxygens (including phenoxy) is 2. The molecule has 1 aliphatic rings. The first-order valence-corrected chi connectivity index (χ1v) is 6.84. The van der Waals surface area contributed by atoms with Gasteiger partial charge in [-0.3, -0.25) is 0 Å². The molecule has 2 nitrogen and oxygen atoms in total. The largest absolute Gasteiger partial charge is 0.497 e. The number of hydrogen-bond donors (Lipinski definition) is 0. The van der Waals surface area contributed by atoms with Gasteiger partial charge in [-0.1, -0.05) is 22.0 Å². The van der Waals surface area contributed by atoms with Crippen molar-refractivity contribution in [3.63, 3.8) is 0 Å². The third-order valence-corrected chi connectivity index (χ3v) is 3.71.